The maximum Gasteiger partial charge on any atom is 0.334 e. The van der Waals surface area contributed by atoms with Gasteiger partial charge in [-0.1, -0.05) is 33.3 Å². The largest absolute Gasteiger partial charge is 0.456 e. The van der Waals surface area contributed by atoms with Gasteiger partial charge in [0, 0.05) is 11.5 Å². The molecule has 0 bridgehead atoms. The topological polar surface area (TPSA) is 35.5 Å². The molecular weight excluding hydrogens is 268 g/mol. The van der Waals surface area contributed by atoms with Crippen molar-refractivity contribution in [2.75, 3.05) is 0 Å². The zero-order valence-electron chi connectivity index (χ0n) is 14.5. The SMILES string of the molecule is CC(C)=C1C(=O)O[C@@H]([C@H](C)O[Si](C)(C)C(C)(C)C)[C@H]1C. The third kappa shape index (κ3) is 3.34. The van der Waals surface area contributed by atoms with Crippen LogP contribution in [0.1, 0.15) is 48.5 Å². The molecule has 0 aromatic carbocycles. The molecule has 4 heteroatoms. The Bertz CT molecular complexity index is 414. The second-order valence-electron chi connectivity index (χ2n) is 7.66. The predicted molar refractivity (Wildman–Crippen MR) is 85.2 cm³/mol. The van der Waals surface area contributed by atoms with Gasteiger partial charge in [-0.3, -0.25) is 0 Å². The number of hydrogen-bond acceptors (Lipinski definition) is 3. The van der Waals surface area contributed by atoms with Crippen LogP contribution in [0.4, 0.5) is 0 Å². The second kappa shape index (κ2) is 5.64. The molecule has 0 radical (unpaired) electrons. The minimum absolute atomic E-state index is 0.0632. The third-order valence-electron chi connectivity index (χ3n) is 4.70. The average Bonchev–Trinajstić information content (AvgIpc) is 2.51. The molecule has 20 heavy (non-hydrogen) atoms. The lowest BCUT2D eigenvalue weighted by Crippen LogP contribution is -2.47. The first-order valence-corrected chi connectivity index (χ1v) is 10.4. The maximum absolute atomic E-state index is 12.0. The maximum atomic E-state index is 12.0. The fraction of sp³-hybridized carbons (Fsp3) is 0.812. The summed E-state index contributed by atoms with van der Waals surface area (Å²) in [5, 5.41) is 0.159. The molecule has 1 heterocycles. The summed E-state index contributed by atoms with van der Waals surface area (Å²) in [6.45, 7) is 19.1. The van der Waals surface area contributed by atoms with Crippen molar-refractivity contribution in [3.05, 3.63) is 11.1 Å². The van der Waals surface area contributed by atoms with Gasteiger partial charge < -0.3 is 9.16 Å². The van der Waals surface area contributed by atoms with E-state index in [0.717, 1.165) is 11.1 Å². The van der Waals surface area contributed by atoms with Gasteiger partial charge in [-0.15, -0.1) is 0 Å². The highest BCUT2D eigenvalue weighted by Crippen LogP contribution is 2.40. The molecule has 0 N–H and O–H groups in total. The highest BCUT2D eigenvalue weighted by molar-refractivity contribution is 6.74. The molecule has 0 aromatic heterocycles. The van der Waals surface area contributed by atoms with Crippen LogP contribution in [0, 0.1) is 5.92 Å². The van der Waals surface area contributed by atoms with Crippen LogP contribution in [-0.2, 0) is 14.0 Å². The zero-order valence-corrected chi connectivity index (χ0v) is 15.5. The molecule has 0 saturated carbocycles. The summed E-state index contributed by atoms with van der Waals surface area (Å²) in [7, 11) is -1.84. The summed E-state index contributed by atoms with van der Waals surface area (Å²) in [6, 6.07) is 0. The monoisotopic (exact) mass is 298 g/mol. The Balaban J connectivity index is 2.88. The van der Waals surface area contributed by atoms with E-state index in [1.165, 1.54) is 0 Å². The Morgan fingerprint density at radius 2 is 1.80 bits per heavy atom. The van der Waals surface area contributed by atoms with E-state index in [-0.39, 0.29) is 29.1 Å². The lowest BCUT2D eigenvalue weighted by molar-refractivity contribution is -0.142. The van der Waals surface area contributed by atoms with Gasteiger partial charge in [-0.05, 0) is 38.9 Å². The Hall–Kier alpha value is -0.613. The van der Waals surface area contributed by atoms with Crippen LogP contribution < -0.4 is 0 Å². The molecule has 0 aliphatic carbocycles. The van der Waals surface area contributed by atoms with E-state index in [0.29, 0.717) is 0 Å². The first-order valence-electron chi connectivity index (χ1n) is 7.44. The minimum atomic E-state index is -1.84. The van der Waals surface area contributed by atoms with Crippen molar-refractivity contribution in [2.45, 2.75) is 78.8 Å². The summed E-state index contributed by atoms with van der Waals surface area (Å²) >= 11 is 0. The van der Waals surface area contributed by atoms with Crippen LogP contribution in [0.25, 0.3) is 0 Å². The number of ether oxygens (including phenoxy) is 1. The molecule has 1 saturated heterocycles. The fourth-order valence-electron chi connectivity index (χ4n) is 2.51. The summed E-state index contributed by atoms with van der Waals surface area (Å²) in [5.41, 5.74) is 1.87. The van der Waals surface area contributed by atoms with E-state index in [2.05, 4.69) is 40.8 Å². The summed E-state index contributed by atoms with van der Waals surface area (Å²) in [5.74, 6) is -0.0690. The van der Waals surface area contributed by atoms with Gasteiger partial charge in [0.1, 0.15) is 6.10 Å². The number of carbonyl (C=O) groups is 1. The number of cyclic esters (lactones) is 1. The average molecular weight is 298 g/mol. The second-order valence-corrected chi connectivity index (χ2v) is 12.4. The molecule has 0 unspecified atom stereocenters. The lowest BCUT2D eigenvalue weighted by Gasteiger charge is -2.39. The smallest absolute Gasteiger partial charge is 0.334 e. The molecule has 1 aliphatic heterocycles. The number of esters is 1. The normalized spacial score (nSPS) is 25.6. The van der Waals surface area contributed by atoms with E-state index in [1.807, 2.05) is 20.8 Å². The van der Waals surface area contributed by atoms with Crippen molar-refractivity contribution < 1.29 is 14.0 Å². The molecule has 3 atom stereocenters. The number of allylic oxidation sites excluding steroid dienone is 1. The van der Waals surface area contributed by atoms with Crippen molar-refractivity contribution in [1.82, 2.24) is 0 Å². The van der Waals surface area contributed by atoms with Crippen LogP contribution in [0.15, 0.2) is 11.1 Å². The van der Waals surface area contributed by atoms with Crippen LogP contribution >= 0.6 is 0 Å². The van der Waals surface area contributed by atoms with Gasteiger partial charge in [0.05, 0.1) is 6.10 Å². The van der Waals surface area contributed by atoms with E-state index < -0.39 is 8.32 Å². The first-order chi connectivity index (χ1) is 8.88. The molecule has 3 nitrogen and oxygen atoms in total. The lowest BCUT2D eigenvalue weighted by atomic mass is 9.93. The van der Waals surface area contributed by atoms with Gasteiger partial charge >= 0.3 is 5.97 Å². The Labute approximate surface area is 124 Å². The summed E-state index contributed by atoms with van der Waals surface area (Å²) < 4.78 is 11.9. The van der Waals surface area contributed by atoms with Gasteiger partial charge in [0.2, 0.25) is 0 Å². The van der Waals surface area contributed by atoms with Crippen molar-refractivity contribution in [1.29, 1.82) is 0 Å². The molecule has 0 spiro atoms. The standard InChI is InChI=1S/C16H30O3Si/c1-10(2)13-11(3)14(18-15(13)17)12(4)19-20(8,9)16(5,6)7/h11-12,14H,1-9H3/t11-,12-,14+/m0/s1. The minimum Gasteiger partial charge on any atom is -0.456 e. The van der Waals surface area contributed by atoms with Gasteiger partial charge in [-0.2, -0.15) is 0 Å². The number of hydrogen-bond donors (Lipinski definition) is 0. The molecule has 116 valence electrons. The Kier molecular flexibility index (Phi) is 4.92. The third-order valence-corrected chi connectivity index (χ3v) is 9.27. The van der Waals surface area contributed by atoms with E-state index in [9.17, 15) is 4.79 Å². The summed E-state index contributed by atoms with van der Waals surface area (Å²) in [6.07, 6.45) is -0.229. The van der Waals surface area contributed by atoms with E-state index >= 15 is 0 Å². The van der Waals surface area contributed by atoms with Crippen molar-refractivity contribution in [2.24, 2.45) is 5.92 Å². The fourth-order valence-corrected chi connectivity index (χ4v) is 3.93. The highest BCUT2D eigenvalue weighted by atomic mass is 28.4. The number of carbonyl (C=O) groups excluding carboxylic acids is 1. The predicted octanol–water partition coefficient (Wildman–Crippen LogP) is 4.29. The zero-order chi connectivity index (χ0) is 15.9. The summed E-state index contributed by atoms with van der Waals surface area (Å²) in [4.78, 5) is 12.0. The molecule has 0 amide bonds. The van der Waals surface area contributed by atoms with Crippen molar-refractivity contribution in [3.8, 4) is 0 Å². The van der Waals surface area contributed by atoms with E-state index in [4.69, 9.17) is 9.16 Å². The van der Waals surface area contributed by atoms with Crippen LogP contribution in [0.5, 0.6) is 0 Å². The quantitative estimate of drug-likeness (QED) is 0.443. The highest BCUT2D eigenvalue weighted by Gasteiger charge is 2.45. The van der Waals surface area contributed by atoms with Crippen LogP contribution in [0.2, 0.25) is 18.1 Å². The number of rotatable bonds is 3. The molecule has 1 fully saturated rings. The van der Waals surface area contributed by atoms with Gasteiger partial charge in [-0.25, -0.2) is 4.79 Å². The first kappa shape index (κ1) is 17.4. The van der Waals surface area contributed by atoms with Crippen molar-refractivity contribution in [3.63, 3.8) is 0 Å². The Morgan fingerprint density at radius 1 is 1.30 bits per heavy atom. The van der Waals surface area contributed by atoms with Crippen molar-refractivity contribution >= 4 is 14.3 Å². The van der Waals surface area contributed by atoms with Gasteiger partial charge in [0.25, 0.3) is 0 Å². The molecule has 1 aliphatic rings. The van der Waals surface area contributed by atoms with Gasteiger partial charge in [0.15, 0.2) is 8.32 Å². The molecule has 1 rings (SSSR count). The Morgan fingerprint density at radius 3 is 2.15 bits per heavy atom. The van der Waals surface area contributed by atoms with Crippen LogP contribution in [-0.4, -0.2) is 26.5 Å². The van der Waals surface area contributed by atoms with E-state index in [1.54, 1.807) is 0 Å². The molecular formula is C16H30O3Si. The van der Waals surface area contributed by atoms with Crippen LogP contribution in [0.3, 0.4) is 0 Å². The molecule has 0 aromatic rings.